The lowest BCUT2D eigenvalue weighted by Crippen LogP contribution is -2.46. The van der Waals surface area contributed by atoms with Crippen molar-refractivity contribution < 1.29 is 19.8 Å². The van der Waals surface area contributed by atoms with Gasteiger partial charge < -0.3 is 15.5 Å². The number of amides is 1. The van der Waals surface area contributed by atoms with Crippen LogP contribution in [0.2, 0.25) is 0 Å². The van der Waals surface area contributed by atoms with E-state index >= 15 is 0 Å². The number of aliphatic carboxylic acids is 1. The predicted molar refractivity (Wildman–Crippen MR) is 69.3 cm³/mol. The number of rotatable bonds is 4. The number of carboxylic acid groups (broad SMARTS) is 1. The Morgan fingerprint density at radius 2 is 2.11 bits per heavy atom. The Bertz CT molecular complexity index is 524. The van der Waals surface area contributed by atoms with E-state index in [0.29, 0.717) is 6.42 Å². The van der Waals surface area contributed by atoms with Gasteiger partial charge in [-0.3, -0.25) is 4.79 Å². The van der Waals surface area contributed by atoms with Gasteiger partial charge in [-0.1, -0.05) is 36.4 Å². The van der Waals surface area contributed by atoms with E-state index in [1.807, 2.05) is 30.3 Å². The first-order valence-corrected chi connectivity index (χ1v) is 6.02. The van der Waals surface area contributed by atoms with Crippen molar-refractivity contribution >= 4 is 18.0 Å². The van der Waals surface area contributed by atoms with E-state index in [9.17, 15) is 9.59 Å². The molecule has 2 rings (SSSR count). The lowest BCUT2D eigenvalue weighted by molar-refractivity contribution is -0.143. The van der Waals surface area contributed by atoms with Gasteiger partial charge in [0.1, 0.15) is 6.04 Å². The number of fused-ring (bicyclic) bond motifs is 1. The molecule has 19 heavy (non-hydrogen) atoms. The van der Waals surface area contributed by atoms with Crippen LogP contribution in [0.4, 0.5) is 0 Å². The summed E-state index contributed by atoms with van der Waals surface area (Å²) in [5, 5.41) is 20.0. The molecule has 0 radical (unpaired) electrons. The van der Waals surface area contributed by atoms with Crippen LogP contribution in [0, 0.1) is 5.92 Å². The fraction of sp³-hybridized carbons (Fsp3) is 0.286. The van der Waals surface area contributed by atoms with E-state index in [1.165, 1.54) is 0 Å². The van der Waals surface area contributed by atoms with E-state index in [4.69, 9.17) is 10.2 Å². The number of aliphatic hydroxyl groups excluding tert-OH is 1. The maximum atomic E-state index is 11.9. The lowest BCUT2D eigenvalue weighted by atomic mass is 9.89. The summed E-state index contributed by atoms with van der Waals surface area (Å²) < 4.78 is 0. The van der Waals surface area contributed by atoms with Crippen LogP contribution in [0.3, 0.4) is 0 Å². The molecule has 1 aliphatic rings. The fourth-order valence-corrected chi connectivity index (χ4v) is 2.05. The first-order chi connectivity index (χ1) is 9.11. The van der Waals surface area contributed by atoms with Crippen LogP contribution in [-0.2, 0) is 16.0 Å². The zero-order valence-corrected chi connectivity index (χ0v) is 10.2. The Kier molecular flexibility index (Phi) is 3.97. The smallest absolute Gasteiger partial charge is 0.328 e. The van der Waals surface area contributed by atoms with Crippen LogP contribution in [0.5, 0.6) is 0 Å². The second-order valence-electron chi connectivity index (χ2n) is 4.45. The summed E-state index contributed by atoms with van der Waals surface area (Å²) >= 11 is 0. The molecule has 0 saturated carbocycles. The Labute approximate surface area is 110 Å². The monoisotopic (exact) mass is 261 g/mol. The summed E-state index contributed by atoms with van der Waals surface area (Å²) in [6, 6.07) is 6.49. The number of carboxylic acids is 1. The number of carbonyl (C=O) groups is 2. The molecular formula is C14H15NO4. The fourth-order valence-electron chi connectivity index (χ4n) is 2.05. The number of nitrogens with one attached hydrogen (secondary N) is 1. The van der Waals surface area contributed by atoms with Crippen LogP contribution >= 0.6 is 0 Å². The van der Waals surface area contributed by atoms with Crippen LogP contribution < -0.4 is 5.32 Å². The minimum Gasteiger partial charge on any atom is -0.480 e. The van der Waals surface area contributed by atoms with Gasteiger partial charge in [-0.15, -0.1) is 0 Å². The number of hydrogen-bond donors (Lipinski definition) is 3. The van der Waals surface area contributed by atoms with Crippen LogP contribution in [0.1, 0.15) is 11.1 Å². The molecule has 1 aromatic rings. The van der Waals surface area contributed by atoms with Gasteiger partial charge >= 0.3 is 5.97 Å². The third kappa shape index (κ3) is 3.00. The molecule has 1 amide bonds. The molecular weight excluding hydrogens is 246 g/mol. The first kappa shape index (κ1) is 13.3. The van der Waals surface area contributed by atoms with Crippen LogP contribution in [0.15, 0.2) is 30.3 Å². The minimum absolute atomic E-state index is 0.382. The van der Waals surface area contributed by atoms with Gasteiger partial charge in [0.25, 0.3) is 0 Å². The minimum atomic E-state index is -1.25. The van der Waals surface area contributed by atoms with Gasteiger partial charge in [0, 0.05) is 0 Å². The highest BCUT2D eigenvalue weighted by molar-refractivity contribution is 5.87. The Morgan fingerprint density at radius 3 is 2.79 bits per heavy atom. The summed E-state index contributed by atoms with van der Waals surface area (Å²) in [6.45, 7) is -0.617. The van der Waals surface area contributed by atoms with Crippen molar-refractivity contribution in [3.8, 4) is 0 Å². The second kappa shape index (κ2) is 5.67. The summed E-state index contributed by atoms with van der Waals surface area (Å²) in [7, 11) is 0. The van der Waals surface area contributed by atoms with Crippen LogP contribution in [-0.4, -0.2) is 34.7 Å². The molecule has 0 aromatic heterocycles. The Morgan fingerprint density at radius 1 is 1.37 bits per heavy atom. The number of benzene rings is 1. The second-order valence-corrected chi connectivity index (χ2v) is 4.45. The van der Waals surface area contributed by atoms with Gasteiger partial charge in [-0.25, -0.2) is 4.79 Å². The maximum absolute atomic E-state index is 11.9. The molecule has 0 saturated heterocycles. The van der Waals surface area contributed by atoms with Crippen molar-refractivity contribution in [1.29, 1.82) is 0 Å². The molecule has 1 aromatic carbocycles. The SMILES string of the molecule is O=C(NC(CO)C(=O)O)C1C=Cc2ccccc2C1. The molecule has 1 aliphatic carbocycles. The largest absolute Gasteiger partial charge is 0.480 e. The van der Waals surface area contributed by atoms with Crippen molar-refractivity contribution in [2.75, 3.05) is 6.61 Å². The molecule has 0 aliphatic heterocycles. The number of carbonyl (C=O) groups excluding carboxylic acids is 1. The average molecular weight is 261 g/mol. The standard InChI is InChI=1S/C14H15NO4/c16-8-12(14(18)19)15-13(17)11-6-5-9-3-1-2-4-10(9)7-11/h1-6,11-12,16H,7-8H2,(H,15,17)(H,18,19). The van der Waals surface area contributed by atoms with E-state index in [2.05, 4.69) is 5.32 Å². The van der Waals surface area contributed by atoms with Gasteiger partial charge in [0.05, 0.1) is 12.5 Å². The zero-order chi connectivity index (χ0) is 13.8. The van der Waals surface area contributed by atoms with E-state index in [1.54, 1.807) is 6.08 Å². The van der Waals surface area contributed by atoms with E-state index in [0.717, 1.165) is 11.1 Å². The first-order valence-electron chi connectivity index (χ1n) is 6.02. The maximum Gasteiger partial charge on any atom is 0.328 e. The quantitative estimate of drug-likeness (QED) is 0.733. The molecule has 3 N–H and O–H groups in total. The van der Waals surface area contributed by atoms with E-state index in [-0.39, 0.29) is 5.91 Å². The third-order valence-corrected chi connectivity index (χ3v) is 3.14. The molecule has 2 unspecified atom stereocenters. The van der Waals surface area contributed by atoms with Gasteiger partial charge in [0.15, 0.2) is 0 Å². The van der Waals surface area contributed by atoms with Gasteiger partial charge in [-0.05, 0) is 17.5 Å². The third-order valence-electron chi connectivity index (χ3n) is 3.14. The highest BCUT2D eigenvalue weighted by Crippen LogP contribution is 2.22. The summed E-state index contributed by atoms with van der Waals surface area (Å²) in [4.78, 5) is 22.7. The van der Waals surface area contributed by atoms with Crippen LogP contribution in [0.25, 0.3) is 6.08 Å². The van der Waals surface area contributed by atoms with Crippen molar-refractivity contribution in [2.24, 2.45) is 5.92 Å². The number of hydrogen-bond acceptors (Lipinski definition) is 3. The molecule has 0 bridgehead atoms. The number of aliphatic hydroxyl groups is 1. The van der Waals surface area contributed by atoms with Crippen molar-refractivity contribution in [1.82, 2.24) is 5.32 Å². The molecule has 5 heteroatoms. The highest BCUT2D eigenvalue weighted by atomic mass is 16.4. The molecule has 5 nitrogen and oxygen atoms in total. The summed E-state index contributed by atoms with van der Waals surface area (Å²) in [6.07, 6.45) is 4.15. The topological polar surface area (TPSA) is 86.6 Å². The van der Waals surface area contributed by atoms with Crippen molar-refractivity contribution in [2.45, 2.75) is 12.5 Å². The average Bonchev–Trinajstić information content (AvgIpc) is 2.43. The molecule has 100 valence electrons. The lowest BCUT2D eigenvalue weighted by Gasteiger charge is -2.20. The zero-order valence-electron chi connectivity index (χ0n) is 10.2. The predicted octanol–water partition coefficient (Wildman–Crippen LogP) is 0.434. The van der Waals surface area contributed by atoms with Gasteiger partial charge in [0.2, 0.25) is 5.91 Å². The Hall–Kier alpha value is -2.14. The Balaban J connectivity index is 2.05. The van der Waals surface area contributed by atoms with Crippen molar-refractivity contribution in [3.05, 3.63) is 41.5 Å². The highest BCUT2D eigenvalue weighted by Gasteiger charge is 2.25. The molecule has 0 spiro atoms. The summed E-state index contributed by atoms with van der Waals surface area (Å²) in [5.41, 5.74) is 2.13. The van der Waals surface area contributed by atoms with Gasteiger partial charge in [-0.2, -0.15) is 0 Å². The van der Waals surface area contributed by atoms with E-state index < -0.39 is 24.5 Å². The molecule has 2 atom stereocenters. The normalized spacial score (nSPS) is 18.5. The molecule has 0 heterocycles. The molecule has 0 fully saturated rings. The van der Waals surface area contributed by atoms with Crippen molar-refractivity contribution in [3.63, 3.8) is 0 Å². The summed E-state index contributed by atoms with van der Waals surface area (Å²) in [5.74, 6) is -2.02.